The van der Waals surface area contributed by atoms with Crippen LogP contribution in [-0.4, -0.2) is 25.3 Å². The number of nitrogens with zero attached hydrogens (tertiary/aromatic N) is 1. The van der Waals surface area contributed by atoms with Crippen LogP contribution in [-0.2, 0) is 20.6 Å². The number of hydrogen-bond donors (Lipinski definition) is 1. The zero-order chi connectivity index (χ0) is 12.5. The summed E-state index contributed by atoms with van der Waals surface area (Å²) in [6.45, 7) is 5.44. The first-order chi connectivity index (χ1) is 8.04. The summed E-state index contributed by atoms with van der Waals surface area (Å²) in [6, 6.07) is 0. The molecule has 1 aliphatic rings. The molecule has 2 heterocycles. The first-order valence-corrected chi connectivity index (χ1v) is 6.80. The highest BCUT2D eigenvalue weighted by Crippen LogP contribution is 2.35. The van der Waals surface area contributed by atoms with E-state index in [2.05, 4.69) is 18.8 Å². The fraction of sp³-hybridized carbons (Fsp3) is 0.750. The van der Waals surface area contributed by atoms with Crippen molar-refractivity contribution in [3.63, 3.8) is 0 Å². The minimum Gasteiger partial charge on any atom is -0.379 e. The Balaban J connectivity index is 2.27. The Hall–Kier alpha value is -0.490. The van der Waals surface area contributed by atoms with Gasteiger partial charge in [-0.25, -0.2) is 4.98 Å². The standard InChI is InChI=1S/C12H20N2O2S/c1-4-11(2,15-3)10-14-9(7-17-10)12(13)5-6-16-8-12/h7H,4-6,8,13H2,1-3H3. The van der Waals surface area contributed by atoms with E-state index in [0.29, 0.717) is 6.61 Å². The maximum atomic E-state index is 6.30. The lowest BCUT2D eigenvalue weighted by molar-refractivity contribution is -0.00180. The second-order valence-corrected chi connectivity index (χ2v) is 5.64. The Morgan fingerprint density at radius 1 is 1.71 bits per heavy atom. The molecule has 17 heavy (non-hydrogen) atoms. The summed E-state index contributed by atoms with van der Waals surface area (Å²) < 4.78 is 10.9. The molecule has 0 amide bonds. The van der Waals surface area contributed by atoms with E-state index in [0.717, 1.165) is 30.2 Å². The lowest BCUT2D eigenvalue weighted by Gasteiger charge is -2.24. The number of hydrogen-bond acceptors (Lipinski definition) is 5. The first kappa shape index (κ1) is 13.0. The molecule has 1 fully saturated rings. The summed E-state index contributed by atoms with van der Waals surface area (Å²) >= 11 is 1.62. The van der Waals surface area contributed by atoms with Crippen molar-refractivity contribution in [2.45, 2.75) is 37.8 Å². The molecule has 96 valence electrons. The number of thiazole rings is 1. The smallest absolute Gasteiger partial charge is 0.125 e. The summed E-state index contributed by atoms with van der Waals surface area (Å²) in [5.41, 5.74) is 6.52. The quantitative estimate of drug-likeness (QED) is 0.895. The van der Waals surface area contributed by atoms with Crippen LogP contribution < -0.4 is 5.73 Å². The predicted molar refractivity (Wildman–Crippen MR) is 68.1 cm³/mol. The average Bonchev–Trinajstić information content (AvgIpc) is 2.97. The molecule has 1 aliphatic heterocycles. The number of methoxy groups -OCH3 is 1. The fourth-order valence-electron chi connectivity index (χ4n) is 1.91. The summed E-state index contributed by atoms with van der Waals surface area (Å²) in [5, 5.41) is 3.03. The summed E-state index contributed by atoms with van der Waals surface area (Å²) in [6.07, 6.45) is 1.73. The number of nitrogens with two attached hydrogens (primary N) is 1. The van der Waals surface area contributed by atoms with E-state index in [-0.39, 0.29) is 5.60 Å². The van der Waals surface area contributed by atoms with E-state index in [4.69, 9.17) is 15.2 Å². The summed E-state index contributed by atoms with van der Waals surface area (Å²) in [4.78, 5) is 4.67. The molecule has 2 N–H and O–H groups in total. The van der Waals surface area contributed by atoms with Gasteiger partial charge in [-0.2, -0.15) is 0 Å². The molecule has 0 bridgehead atoms. The van der Waals surface area contributed by atoms with Gasteiger partial charge in [-0.3, -0.25) is 0 Å². The third kappa shape index (κ3) is 2.25. The van der Waals surface area contributed by atoms with Gasteiger partial charge in [0, 0.05) is 19.1 Å². The predicted octanol–water partition coefficient (Wildman–Crippen LogP) is 1.99. The second kappa shape index (κ2) is 4.65. The molecule has 0 aromatic carbocycles. The van der Waals surface area contributed by atoms with Crippen molar-refractivity contribution in [2.75, 3.05) is 20.3 Å². The van der Waals surface area contributed by atoms with Crippen LogP contribution in [0, 0.1) is 0 Å². The number of rotatable bonds is 4. The molecule has 0 aliphatic carbocycles. The molecule has 5 heteroatoms. The Morgan fingerprint density at radius 3 is 3.00 bits per heavy atom. The maximum Gasteiger partial charge on any atom is 0.125 e. The zero-order valence-electron chi connectivity index (χ0n) is 10.7. The summed E-state index contributed by atoms with van der Waals surface area (Å²) in [7, 11) is 1.72. The van der Waals surface area contributed by atoms with Gasteiger partial charge >= 0.3 is 0 Å². The van der Waals surface area contributed by atoms with Crippen LogP contribution in [0.15, 0.2) is 5.38 Å². The van der Waals surface area contributed by atoms with E-state index >= 15 is 0 Å². The van der Waals surface area contributed by atoms with Gasteiger partial charge in [0.2, 0.25) is 0 Å². The Bertz CT molecular complexity index is 363. The zero-order valence-corrected chi connectivity index (χ0v) is 11.5. The third-order valence-electron chi connectivity index (χ3n) is 3.64. The molecule has 0 saturated carbocycles. The van der Waals surface area contributed by atoms with Crippen molar-refractivity contribution in [1.82, 2.24) is 4.98 Å². The molecule has 1 saturated heterocycles. The monoisotopic (exact) mass is 256 g/mol. The van der Waals surface area contributed by atoms with Crippen LogP contribution in [0.1, 0.15) is 37.4 Å². The van der Waals surface area contributed by atoms with Gasteiger partial charge < -0.3 is 15.2 Å². The highest BCUT2D eigenvalue weighted by atomic mass is 32.1. The molecule has 1 aromatic heterocycles. The van der Waals surface area contributed by atoms with Crippen molar-refractivity contribution in [1.29, 1.82) is 0 Å². The van der Waals surface area contributed by atoms with Crippen LogP contribution in [0.25, 0.3) is 0 Å². The van der Waals surface area contributed by atoms with E-state index in [1.807, 2.05) is 5.38 Å². The normalized spacial score (nSPS) is 28.2. The minimum absolute atomic E-state index is 0.307. The van der Waals surface area contributed by atoms with E-state index in [1.54, 1.807) is 18.4 Å². The molecule has 4 nitrogen and oxygen atoms in total. The van der Waals surface area contributed by atoms with Gasteiger partial charge in [0.05, 0.1) is 17.8 Å². The molecule has 2 atom stereocenters. The van der Waals surface area contributed by atoms with Crippen molar-refractivity contribution >= 4 is 11.3 Å². The SMILES string of the molecule is CCC(C)(OC)c1nc(C2(N)CCOC2)cs1. The lowest BCUT2D eigenvalue weighted by atomic mass is 9.96. The van der Waals surface area contributed by atoms with Gasteiger partial charge in [0.1, 0.15) is 10.6 Å². The Morgan fingerprint density at radius 2 is 2.47 bits per heavy atom. The van der Waals surface area contributed by atoms with Gasteiger partial charge in [-0.1, -0.05) is 6.92 Å². The average molecular weight is 256 g/mol. The molecule has 1 aromatic rings. The van der Waals surface area contributed by atoms with Gasteiger partial charge in [0.15, 0.2) is 0 Å². The van der Waals surface area contributed by atoms with Crippen molar-refractivity contribution in [3.8, 4) is 0 Å². The lowest BCUT2D eigenvalue weighted by Crippen LogP contribution is -2.37. The number of aromatic nitrogens is 1. The molecular weight excluding hydrogens is 236 g/mol. The molecule has 0 radical (unpaired) electrons. The highest BCUT2D eigenvalue weighted by molar-refractivity contribution is 7.09. The highest BCUT2D eigenvalue weighted by Gasteiger charge is 2.36. The molecule has 0 spiro atoms. The Labute approximate surface area is 106 Å². The first-order valence-electron chi connectivity index (χ1n) is 5.92. The molecule has 2 unspecified atom stereocenters. The largest absolute Gasteiger partial charge is 0.379 e. The van der Waals surface area contributed by atoms with E-state index in [9.17, 15) is 0 Å². The summed E-state index contributed by atoms with van der Waals surface area (Å²) in [5.74, 6) is 0. The van der Waals surface area contributed by atoms with Crippen molar-refractivity contribution in [2.24, 2.45) is 5.73 Å². The second-order valence-electron chi connectivity index (χ2n) is 4.79. The van der Waals surface area contributed by atoms with Crippen molar-refractivity contribution in [3.05, 3.63) is 16.1 Å². The third-order valence-corrected chi connectivity index (χ3v) is 4.73. The van der Waals surface area contributed by atoms with E-state index < -0.39 is 5.54 Å². The van der Waals surface area contributed by atoms with Crippen LogP contribution in [0.3, 0.4) is 0 Å². The van der Waals surface area contributed by atoms with Crippen LogP contribution >= 0.6 is 11.3 Å². The van der Waals surface area contributed by atoms with E-state index in [1.165, 1.54) is 0 Å². The number of ether oxygens (including phenoxy) is 2. The molecular formula is C12H20N2O2S. The van der Waals surface area contributed by atoms with Crippen LogP contribution in [0.4, 0.5) is 0 Å². The van der Waals surface area contributed by atoms with Crippen molar-refractivity contribution < 1.29 is 9.47 Å². The molecule has 2 rings (SSSR count). The van der Waals surface area contributed by atoms with Gasteiger partial charge in [-0.05, 0) is 19.8 Å². The van der Waals surface area contributed by atoms with Crippen LogP contribution in [0.2, 0.25) is 0 Å². The minimum atomic E-state index is -0.406. The maximum absolute atomic E-state index is 6.30. The van der Waals surface area contributed by atoms with Crippen LogP contribution in [0.5, 0.6) is 0 Å². The van der Waals surface area contributed by atoms with Gasteiger partial charge in [0.25, 0.3) is 0 Å². The Kier molecular flexibility index (Phi) is 3.54. The van der Waals surface area contributed by atoms with Gasteiger partial charge in [-0.15, -0.1) is 11.3 Å². The topological polar surface area (TPSA) is 57.4 Å². The fourth-order valence-corrected chi connectivity index (χ4v) is 3.05.